The molecule has 0 bridgehead atoms. The maximum atomic E-state index is 13.8. The van der Waals surface area contributed by atoms with Crippen molar-refractivity contribution in [3.63, 3.8) is 0 Å². The van der Waals surface area contributed by atoms with E-state index in [1.165, 1.54) is 12.1 Å². The Morgan fingerprint density at radius 3 is 2.68 bits per heavy atom. The minimum absolute atomic E-state index is 0.00776. The fourth-order valence-corrected chi connectivity index (χ4v) is 3.10. The molecule has 0 aliphatic carbocycles. The van der Waals surface area contributed by atoms with E-state index in [-0.39, 0.29) is 24.2 Å². The Labute approximate surface area is 154 Å². The summed E-state index contributed by atoms with van der Waals surface area (Å²) in [5, 5.41) is 8.10. The lowest BCUT2D eigenvalue weighted by Gasteiger charge is -2.16. The number of halogens is 2. The smallest absolute Gasteiger partial charge is 0.238 e. The molecule has 0 saturated carbocycles. The summed E-state index contributed by atoms with van der Waals surface area (Å²) in [5.74, 6) is -0.752. The van der Waals surface area contributed by atoms with Crippen LogP contribution in [0.15, 0.2) is 65.1 Å². The van der Waals surface area contributed by atoms with Gasteiger partial charge < -0.3 is 10.6 Å². The quantitative estimate of drug-likeness (QED) is 0.630. The summed E-state index contributed by atoms with van der Waals surface area (Å²) < 4.78 is 14.4. The molecule has 0 heterocycles. The van der Waals surface area contributed by atoms with E-state index in [0.717, 1.165) is 16.3 Å². The van der Waals surface area contributed by atoms with Crippen LogP contribution in [0.1, 0.15) is 18.5 Å². The summed E-state index contributed by atoms with van der Waals surface area (Å²) in [4.78, 5) is 12.1. The van der Waals surface area contributed by atoms with Gasteiger partial charge in [0.25, 0.3) is 0 Å². The number of amides is 1. The lowest BCUT2D eigenvalue weighted by Crippen LogP contribution is -2.30. The average Bonchev–Trinajstić information content (AvgIpc) is 2.61. The maximum Gasteiger partial charge on any atom is 0.238 e. The van der Waals surface area contributed by atoms with Crippen molar-refractivity contribution < 1.29 is 9.18 Å². The molecule has 0 radical (unpaired) electrons. The van der Waals surface area contributed by atoms with Crippen LogP contribution in [0, 0.1) is 5.82 Å². The molecule has 0 saturated heterocycles. The Kier molecular flexibility index (Phi) is 5.46. The fraction of sp³-hybridized carbons (Fsp3) is 0.150. The number of anilines is 1. The number of hydrogen-bond acceptors (Lipinski definition) is 2. The third-order valence-electron chi connectivity index (χ3n) is 4.06. The third kappa shape index (κ3) is 4.24. The van der Waals surface area contributed by atoms with Crippen LogP contribution < -0.4 is 10.6 Å². The van der Waals surface area contributed by atoms with E-state index < -0.39 is 5.82 Å². The zero-order valence-electron chi connectivity index (χ0n) is 13.7. The number of carbonyl (C=O) groups is 1. The standard InChI is InChI=1S/C20H18BrFN2O/c1-13(16-8-4-6-14-5-2-3-7-17(14)16)23-12-20(25)24-19-10-9-15(21)11-18(19)22/h2-11,13,23H,12H2,1H3,(H,24,25)/t13-/m1/s1. The van der Waals surface area contributed by atoms with Gasteiger partial charge in [-0.15, -0.1) is 0 Å². The number of hydrogen-bond donors (Lipinski definition) is 2. The van der Waals surface area contributed by atoms with Crippen LogP contribution in [0.2, 0.25) is 0 Å². The second-order valence-electron chi connectivity index (χ2n) is 5.84. The SMILES string of the molecule is C[C@@H](NCC(=O)Nc1ccc(Br)cc1F)c1cccc2ccccc12. The monoisotopic (exact) mass is 400 g/mol. The summed E-state index contributed by atoms with van der Waals surface area (Å²) in [6, 6.07) is 18.8. The topological polar surface area (TPSA) is 41.1 Å². The maximum absolute atomic E-state index is 13.8. The van der Waals surface area contributed by atoms with Gasteiger partial charge in [-0.05, 0) is 41.5 Å². The van der Waals surface area contributed by atoms with Crippen LogP contribution in [0.3, 0.4) is 0 Å². The van der Waals surface area contributed by atoms with Crippen molar-refractivity contribution in [2.75, 3.05) is 11.9 Å². The summed E-state index contributed by atoms with van der Waals surface area (Å²) >= 11 is 3.19. The summed E-state index contributed by atoms with van der Waals surface area (Å²) in [6.07, 6.45) is 0. The number of rotatable bonds is 5. The van der Waals surface area contributed by atoms with Gasteiger partial charge >= 0.3 is 0 Å². The van der Waals surface area contributed by atoms with Gasteiger partial charge in [0, 0.05) is 10.5 Å². The lowest BCUT2D eigenvalue weighted by atomic mass is 10.00. The van der Waals surface area contributed by atoms with Gasteiger partial charge in [0.2, 0.25) is 5.91 Å². The minimum atomic E-state index is -0.468. The van der Waals surface area contributed by atoms with Gasteiger partial charge in [-0.2, -0.15) is 0 Å². The van der Waals surface area contributed by atoms with Gasteiger partial charge in [0.15, 0.2) is 0 Å². The number of benzene rings is 3. The summed E-state index contributed by atoms with van der Waals surface area (Å²) in [7, 11) is 0. The average molecular weight is 401 g/mol. The van der Waals surface area contributed by atoms with Crippen molar-refractivity contribution in [3.8, 4) is 0 Å². The molecule has 0 spiro atoms. The van der Waals surface area contributed by atoms with E-state index in [2.05, 4.69) is 44.8 Å². The molecule has 0 unspecified atom stereocenters. The molecule has 1 atom stereocenters. The molecule has 0 fully saturated rings. The fourth-order valence-electron chi connectivity index (χ4n) is 2.77. The molecule has 2 N–H and O–H groups in total. The van der Waals surface area contributed by atoms with Crippen LogP contribution in [0.5, 0.6) is 0 Å². The molecule has 128 valence electrons. The Bertz CT molecular complexity index is 908. The van der Waals surface area contributed by atoms with E-state index in [0.29, 0.717) is 4.47 Å². The molecule has 3 aromatic rings. The number of carbonyl (C=O) groups excluding carboxylic acids is 1. The summed E-state index contributed by atoms with van der Waals surface area (Å²) in [6.45, 7) is 2.11. The Balaban J connectivity index is 1.65. The van der Waals surface area contributed by atoms with Gasteiger partial charge in [0.1, 0.15) is 5.82 Å². The molecule has 5 heteroatoms. The highest BCUT2D eigenvalue weighted by molar-refractivity contribution is 9.10. The highest BCUT2D eigenvalue weighted by Gasteiger charge is 2.12. The second-order valence-corrected chi connectivity index (χ2v) is 6.76. The van der Waals surface area contributed by atoms with Crippen LogP contribution >= 0.6 is 15.9 Å². The van der Waals surface area contributed by atoms with Crippen molar-refractivity contribution in [2.24, 2.45) is 0 Å². The molecule has 0 aromatic heterocycles. The van der Waals surface area contributed by atoms with Crippen molar-refractivity contribution >= 4 is 38.3 Å². The second kappa shape index (κ2) is 7.76. The van der Waals surface area contributed by atoms with E-state index in [1.807, 2.05) is 31.2 Å². The van der Waals surface area contributed by atoms with E-state index in [4.69, 9.17) is 0 Å². The predicted octanol–water partition coefficient (Wildman–Crippen LogP) is 5.03. The highest BCUT2D eigenvalue weighted by atomic mass is 79.9. The number of nitrogens with one attached hydrogen (secondary N) is 2. The highest BCUT2D eigenvalue weighted by Crippen LogP contribution is 2.24. The normalized spacial score (nSPS) is 12.1. The summed E-state index contributed by atoms with van der Waals surface area (Å²) in [5.41, 5.74) is 1.30. The minimum Gasteiger partial charge on any atom is -0.322 e. The van der Waals surface area contributed by atoms with E-state index in [9.17, 15) is 9.18 Å². The van der Waals surface area contributed by atoms with Gasteiger partial charge in [-0.1, -0.05) is 58.4 Å². The lowest BCUT2D eigenvalue weighted by molar-refractivity contribution is -0.115. The van der Waals surface area contributed by atoms with E-state index in [1.54, 1.807) is 6.07 Å². The van der Waals surface area contributed by atoms with Crippen LogP contribution in [-0.2, 0) is 4.79 Å². The van der Waals surface area contributed by atoms with Crippen molar-refractivity contribution in [3.05, 3.63) is 76.5 Å². The molecule has 3 nitrogen and oxygen atoms in total. The Morgan fingerprint density at radius 2 is 1.88 bits per heavy atom. The van der Waals surface area contributed by atoms with Crippen molar-refractivity contribution in [1.29, 1.82) is 0 Å². The molecule has 3 aromatic carbocycles. The van der Waals surface area contributed by atoms with Crippen LogP contribution in [0.25, 0.3) is 10.8 Å². The molecule has 0 aliphatic heterocycles. The number of fused-ring (bicyclic) bond motifs is 1. The van der Waals surface area contributed by atoms with E-state index >= 15 is 0 Å². The molecular weight excluding hydrogens is 383 g/mol. The van der Waals surface area contributed by atoms with Crippen molar-refractivity contribution in [2.45, 2.75) is 13.0 Å². The van der Waals surface area contributed by atoms with Crippen LogP contribution in [0.4, 0.5) is 10.1 Å². The predicted molar refractivity (Wildman–Crippen MR) is 103 cm³/mol. The van der Waals surface area contributed by atoms with Crippen LogP contribution in [-0.4, -0.2) is 12.5 Å². The molecule has 0 aliphatic rings. The Hall–Kier alpha value is -2.24. The zero-order valence-corrected chi connectivity index (χ0v) is 15.3. The van der Waals surface area contributed by atoms with Gasteiger partial charge in [-0.25, -0.2) is 4.39 Å². The first-order valence-electron chi connectivity index (χ1n) is 8.00. The molecular formula is C20H18BrFN2O. The van der Waals surface area contributed by atoms with Gasteiger partial charge in [0.05, 0.1) is 12.2 Å². The molecule has 25 heavy (non-hydrogen) atoms. The van der Waals surface area contributed by atoms with Gasteiger partial charge in [-0.3, -0.25) is 4.79 Å². The molecule has 1 amide bonds. The third-order valence-corrected chi connectivity index (χ3v) is 4.56. The largest absolute Gasteiger partial charge is 0.322 e. The first-order valence-corrected chi connectivity index (χ1v) is 8.80. The first kappa shape index (κ1) is 17.6. The Morgan fingerprint density at radius 1 is 1.12 bits per heavy atom. The zero-order chi connectivity index (χ0) is 17.8. The van der Waals surface area contributed by atoms with Crippen molar-refractivity contribution in [1.82, 2.24) is 5.32 Å². The first-order chi connectivity index (χ1) is 12.0. The molecule has 3 rings (SSSR count).